The smallest absolute Gasteiger partial charge is 0.259 e. The second-order valence-corrected chi connectivity index (χ2v) is 8.57. The number of aliphatic hydroxyl groups is 2. The monoisotopic (exact) mass is 466 g/mol. The molecule has 2 N–H and O–H groups in total. The summed E-state index contributed by atoms with van der Waals surface area (Å²) in [6.45, 7) is 5.64. The van der Waals surface area contributed by atoms with Crippen LogP contribution < -0.4 is 4.74 Å². The van der Waals surface area contributed by atoms with Crippen LogP contribution in [-0.2, 0) is 0 Å². The van der Waals surface area contributed by atoms with Crippen molar-refractivity contribution in [1.29, 1.82) is 0 Å². The minimum Gasteiger partial charge on any atom is -0.472 e. The number of aromatic nitrogens is 2. The molecule has 3 heterocycles. The Balaban J connectivity index is 1.95. The number of rotatable bonds is 5. The number of ether oxygens (including phenoxy) is 1. The number of hydrogen-bond acceptors (Lipinski definition) is 7. The first-order valence-corrected chi connectivity index (χ1v) is 11.1. The van der Waals surface area contributed by atoms with Gasteiger partial charge in [-0.2, -0.15) is 0 Å². The van der Waals surface area contributed by atoms with Crippen LogP contribution in [0.3, 0.4) is 0 Å². The van der Waals surface area contributed by atoms with Crippen LogP contribution in [0.25, 0.3) is 0 Å². The number of aliphatic hydroxyl groups excluding tert-OH is 2. The quantitative estimate of drug-likeness (QED) is 0.636. The van der Waals surface area contributed by atoms with Gasteiger partial charge in [-0.05, 0) is 32.0 Å². The SMILES string of the molecule is C[C@H](O)C#Cc1cnc2c(c1)C(=O)N([C@@H](C)CO)C[C@H](C)[C@H](CN(C)C(=O)c1ccncc1)O2. The lowest BCUT2D eigenvalue weighted by molar-refractivity contribution is 0.0313. The molecule has 1 aliphatic heterocycles. The van der Waals surface area contributed by atoms with Gasteiger partial charge >= 0.3 is 0 Å². The van der Waals surface area contributed by atoms with Crippen LogP contribution in [0.5, 0.6) is 5.88 Å². The third-order valence-corrected chi connectivity index (χ3v) is 5.67. The van der Waals surface area contributed by atoms with Crippen molar-refractivity contribution in [1.82, 2.24) is 19.8 Å². The second-order valence-electron chi connectivity index (χ2n) is 8.57. The Morgan fingerprint density at radius 3 is 2.71 bits per heavy atom. The number of carbonyl (C=O) groups is 2. The van der Waals surface area contributed by atoms with Gasteiger partial charge in [0.15, 0.2) is 0 Å². The van der Waals surface area contributed by atoms with Crippen molar-refractivity contribution < 1.29 is 24.5 Å². The Morgan fingerprint density at radius 1 is 1.35 bits per heavy atom. The molecule has 0 saturated carbocycles. The molecule has 1 aliphatic rings. The van der Waals surface area contributed by atoms with Crippen LogP contribution in [0.15, 0.2) is 36.8 Å². The van der Waals surface area contributed by atoms with Crippen molar-refractivity contribution in [2.24, 2.45) is 5.92 Å². The van der Waals surface area contributed by atoms with Gasteiger partial charge in [0.05, 0.1) is 19.2 Å². The second kappa shape index (κ2) is 11.1. The highest BCUT2D eigenvalue weighted by Crippen LogP contribution is 2.27. The van der Waals surface area contributed by atoms with Crippen LogP contribution in [0.2, 0.25) is 0 Å². The normalized spacial score (nSPS) is 19.5. The van der Waals surface area contributed by atoms with E-state index in [4.69, 9.17) is 4.74 Å². The van der Waals surface area contributed by atoms with E-state index in [-0.39, 0.29) is 42.3 Å². The number of amides is 2. The molecule has 3 rings (SSSR count). The van der Waals surface area contributed by atoms with E-state index in [0.29, 0.717) is 17.7 Å². The molecular weight excluding hydrogens is 436 g/mol. The lowest BCUT2D eigenvalue weighted by atomic mass is 9.99. The summed E-state index contributed by atoms with van der Waals surface area (Å²) in [5, 5.41) is 19.2. The summed E-state index contributed by atoms with van der Waals surface area (Å²) in [5.74, 6) is 4.93. The van der Waals surface area contributed by atoms with Gasteiger partial charge in [-0.15, -0.1) is 0 Å². The van der Waals surface area contributed by atoms with E-state index < -0.39 is 18.2 Å². The Kier molecular flexibility index (Phi) is 8.21. The molecule has 0 saturated heterocycles. The summed E-state index contributed by atoms with van der Waals surface area (Å²) >= 11 is 0. The van der Waals surface area contributed by atoms with Crippen LogP contribution in [0, 0.1) is 17.8 Å². The molecule has 0 unspecified atom stereocenters. The lowest BCUT2D eigenvalue weighted by Gasteiger charge is -2.37. The van der Waals surface area contributed by atoms with E-state index in [2.05, 4.69) is 21.8 Å². The molecule has 0 aliphatic carbocycles. The number of hydrogen-bond donors (Lipinski definition) is 2. The third-order valence-electron chi connectivity index (χ3n) is 5.67. The first kappa shape index (κ1) is 25.1. The lowest BCUT2D eigenvalue weighted by Crippen LogP contribution is -2.50. The van der Waals surface area contributed by atoms with Gasteiger partial charge in [-0.25, -0.2) is 4.98 Å². The zero-order chi connectivity index (χ0) is 24.8. The van der Waals surface area contributed by atoms with Gasteiger partial charge in [0, 0.05) is 49.2 Å². The highest BCUT2D eigenvalue weighted by atomic mass is 16.5. The average Bonchev–Trinajstić information content (AvgIpc) is 2.84. The molecular formula is C25H30N4O5. The molecule has 9 nitrogen and oxygen atoms in total. The first-order chi connectivity index (χ1) is 16.2. The first-order valence-electron chi connectivity index (χ1n) is 11.1. The Morgan fingerprint density at radius 2 is 2.06 bits per heavy atom. The van der Waals surface area contributed by atoms with E-state index >= 15 is 0 Å². The van der Waals surface area contributed by atoms with Gasteiger partial charge in [0.1, 0.15) is 17.8 Å². The number of carbonyl (C=O) groups excluding carboxylic acids is 2. The third kappa shape index (κ3) is 5.90. The maximum Gasteiger partial charge on any atom is 0.259 e. The van der Waals surface area contributed by atoms with Crippen LogP contribution in [0.1, 0.15) is 47.1 Å². The predicted molar refractivity (Wildman–Crippen MR) is 125 cm³/mol. The van der Waals surface area contributed by atoms with Gasteiger partial charge in [0.2, 0.25) is 5.88 Å². The van der Waals surface area contributed by atoms with Crippen LogP contribution in [-0.4, -0.2) is 86.8 Å². The fourth-order valence-corrected chi connectivity index (χ4v) is 3.64. The standard InChI is InChI=1S/C25H30N4O5/c1-16-13-29(17(2)15-30)25(33)21-11-19(6-5-18(3)31)12-27-23(21)34-22(16)14-28(4)24(32)20-7-9-26-10-8-20/h7-12,16-18,22,30-31H,13-15H2,1-4H3/t16-,17-,18-,22-/m0/s1. The van der Waals surface area contributed by atoms with Gasteiger partial charge in [0.25, 0.3) is 11.8 Å². The van der Waals surface area contributed by atoms with Crippen molar-refractivity contribution in [3.63, 3.8) is 0 Å². The number of fused-ring (bicyclic) bond motifs is 1. The summed E-state index contributed by atoms with van der Waals surface area (Å²) in [5.41, 5.74) is 1.20. The molecule has 9 heteroatoms. The van der Waals surface area contributed by atoms with Crippen molar-refractivity contribution >= 4 is 11.8 Å². The molecule has 180 valence electrons. The zero-order valence-corrected chi connectivity index (χ0v) is 19.8. The summed E-state index contributed by atoms with van der Waals surface area (Å²) in [4.78, 5) is 37.7. The topological polar surface area (TPSA) is 116 Å². The molecule has 0 fully saturated rings. The van der Waals surface area contributed by atoms with Crippen molar-refractivity contribution in [3.05, 3.63) is 53.5 Å². The highest BCUT2D eigenvalue weighted by molar-refractivity contribution is 5.97. The van der Waals surface area contributed by atoms with E-state index in [1.165, 1.54) is 6.20 Å². The molecule has 2 aromatic rings. The van der Waals surface area contributed by atoms with Gasteiger partial charge in [-0.3, -0.25) is 14.6 Å². The summed E-state index contributed by atoms with van der Waals surface area (Å²) < 4.78 is 6.19. The zero-order valence-electron chi connectivity index (χ0n) is 19.8. The number of likely N-dealkylation sites (N-methyl/N-ethyl adjacent to an activating group) is 1. The molecule has 2 amide bonds. The average molecular weight is 467 g/mol. The van der Waals surface area contributed by atoms with E-state index in [1.54, 1.807) is 61.3 Å². The molecule has 34 heavy (non-hydrogen) atoms. The Bertz CT molecular complexity index is 1080. The van der Waals surface area contributed by atoms with E-state index in [9.17, 15) is 19.8 Å². The van der Waals surface area contributed by atoms with Gasteiger partial charge in [-0.1, -0.05) is 18.8 Å². The fourth-order valence-electron chi connectivity index (χ4n) is 3.64. The van der Waals surface area contributed by atoms with Crippen LogP contribution in [0.4, 0.5) is 0 Å². The maximum absolute atomic E-state index is 13.4. The molecule has 2 aromatic heterocycles. The minimum absolute atomic E-state index is 0.143. The van der Waals surface area contributed by atoms with Crippen molar-refractivity contribution in [2.45, 2.75) is 39.0 Å². The minimum atomic E-state index is -0.821. The molecule has 0 spiro atoms. The maximum atomic E-state index is 13.4. The molecule has 0 radical (unpaired) electrons. The number of pyridine rings is 2. The fraction of sp³-hybridized carbons (Fsp3) is 0.440. The largest absolute Gasteiger partial charge is 0.472 e. The summed E-state index contributed by atoms with van der Waals surface area (Å²) in [6, 6.07) is 4.45. The van der Waals surface area contributed by atoms with Crippen molar-refractivity contribution in [3.8, 4) is 17.7 Å². The Hall–Kier alpha value is -3.48. The Labute approximate surface area is 199 Å². The van der Waals surface area contributed by atoms with E-state index in [1.807, 2.05) is 6.92 Å². The molecule has 4 atom stereocenters. The predicted octanol–water partition coefficient (Wildman–Crippen LogP) is 1.20. The highest BCUT2D eigenvalue weighted by Gasteiger charge is 2.34. The summed E-state index contributed by atoms with van der Waals surface area (Å²) in [7, 11) is 1.69. The summed E-state index contributed by atoms with van der Waals surface area (Å²) in [6.07, 6.45) is 3.33. The van der Waals surface area contributed by atoms with Gasteiger partial charge < -0.3 is 24.7 Å². The number of nitrogens with zero attached hydrogens (tertiary/aromatic N) is 4. The van der Waals surface area contributed by atoms with Crippen molar-refractivity contribution in [2.75, 3.05) is 26.7 Å². The van der Waals surface area contributed by atoms with Crippen LogP contribution >= 0.6 is 0 Å². The van der Waals surface area contributed by atoms with E-state index in [0.717, 1.165) is 0 Å². The molecule has 0 aromatic carbocycles. The molecule has 0 bridgehead atoms.